The highest BCUT2D eigenvalue weighted by atomic mass is 14.4. The van der Waals surface area contributed by atoms with E-state index in [2.05, 4.69) is 109 Å². The molecule has 5 rings (SSSR count). The Balaban J connectivity index is 1.94. The predicted octanol–water partition coefficient (Wildman–Crippen LogP) is 6.20. The Morgan fingerprint density at radius 3 is 1.76 bits per heavy atom. The Kier molecular flexibility index (Phi) is 3.11. The first-order valence-corrected chi connectivity index (χ1v) is 8.72. The molecule has 0 saturated heterocycles. The van der Waals surface area contributed by atoms with Crippen LogP contribution in [0.4, 0.5) is 0 Å². The fourth-order valence-electron chi connectivity index (χ4n) is 4.21. The summed E-state index contributed by atoms with van der Waals surface area (Å²) >= 11 is 0. The lowest BCUT2D eigenvalue weighted by molar-refractivity contribution is 0.787. The van der Waals surface area contributed by atoms with E-state index in [9.17, 15) is 0 Å². The molecular weight excluding hydrogens is 300 g/mol. The molecular formula is C25H18. The minimum Gasteiger partial charge on any atom is -0.0646 e. The Labute approximate surface area is 148 Å². The highest BCUT2D eigenvalue weighted by Crippen LogP contribution is 2.47. The number of benzene rings is 4. The lowest BCUT2D eigenvalue weighted by atomic mass is 9.65. The van der Waals surface area contributed by atoms with Crippen LogP contribution in [0.25, 0.3) is 16.8 Å². The molecule has 1 aliphatic carbocycles. The van der Waals surface area contributed by atoms with Crippen molar-refractivity contribution >= 4 is 16.8 Å². The summed E-state index contributed by atoms with van der Waals surface area (Å²) in [5.74, 6) is 0. The Hall–Kier alpha value is -3.12. The van der Waals surface area contributed by atoms with Gasteiger partial charge >= 0.3 is 0 Å². The fraction of sp³-hybridized carbons (Fsp3) is 0.0400. The van der Waals surface area contributed by atoms with Crippen molar-refractivity contribution in [3.8, 4) is 0 Å². The van der Waals surface area contributed by atoms with E-state index >= 15 is 0 Å². The van der Waals surface area contributed by atoms with Crippen LogP contribution in [0.15, 0.2) is 103 Å². The lowest BCUT2D eigenvalue weighted by Gasteiger charge is -2.36. The van der Waals surface area contributed by atoms with E-state index in [1.54, 1.807) is 0 Å². The topological polar surface area (TPSA) is 0 Å². The first-order chi connectivity index (χ1) is 12.4. The van der Waals surface area contributed by atoms with Gasteiger partial charge in [-0.3, -0.25) is 0 Å². The summed E-state index contributed by atoms with van der Waals surface area (Å²) in [6.07, 6.45) is 4.66. The van der Waals surface area contributed by atoms with Crippen LogP contribution in [-0.4, -0.2) is 0 Å². The SMILES string of the molecule is C1=CC(c2ccccc2)(c2ccccc2)c2cccc3cccc1c23. The van der Waals surface area contributed by atoms with Crippen molar-refractivity contribution in [3.05, 3.63) is 125 Å². The molecule has 0 radical (unpaired) electrons. The summed E-state index contributed by atoms with van der Waals surface area (Å²) in [5.41, 5.74) is 5.02. The van der Waals surface area contributed by atoms with E-state index in [1.807, 2.05) is 0 Å². The maximum absolute atomic E-state index is 2.37. The van der Waals surface area contributed by atoms with E-state index in [0.717, 1.165) is 0 Å². The van der Waals surface area contributed by atoms with Gasteiger partial charge in [0.25, 0.3) is 0 Å². The summed E-state index contributed by atoms with van der Waals surface area (Å²) < 4.78 is 0. The summed E-state index contributed by atoms with van der Waals surface area (Å²) in [6.45, 7) is 0. The molecule has 0 heterocycles. The van der Waals surface area contributed by atoms with Crippen molar-refractivity contribution in [2.45, 2.75) is 5.41 Å². The molecule has 0 spiro atoms. The van der Waals surface area contributed by atoms with Crippen molar-refractivity contribution < 1.29 is 0 Å². The molecule has 0 bridgehead atoms. The zero-order chi connectivity index (χ0) is 16.7. The molecule has 0 amide bonds. The second-order valence-corrected chi connectivity index (χ2v) is 6.62. The van der Waals surface area contributed by atoms with E-state index in [4.69, 9.17) is 0 Å². The molecule has 0 atom stereocenters. The third-order valence-electron chi connectivity index (χ3n) is 5.33. The van der Waals surface area contributed by atoms with Crippen LogP contribution in [0.2, 0.25) is 0 Å². The maximum atomic E-state index is 2.37. The minimum atomic E-state index is -0.254. The summed E-state index contributed by atoms with van der Waals surface area (Å²) in [5, 5.41) is 2.66. The second-order valence-electron chi connectivity index (χ2n) is 6.62. The molecule has 0 aliphatic heterocycles. The van der Waals surface area contributed by atoms with Gasteiger partial charge < -0.3 is 0 Å². The smallest absolute Gasteiger partial charge is 0.0641 e. The van der Waals surface area contributed by atoms with Gasteiger partial charge in [0, 0.05) is 0 Å². The largest absolute Gasteiger partial charge is 0.0646 e. The lowest BCUT2D eigenvalue weighted by Crippen LogP contribution is -2.28. The summed E-state index contributed by atoms with van der Waals surface area (Å²) in [7, 11) is 0. The van der Waals surface area contributed by atoms with Crippen LogP contribution in [0.1, 0.15) is 22.3 Å². The van der Waals surface area contributed by atoms with Gasteiger partial charge in [-0.25, -0.2) is 0 Å². The molecule has 1 aliphatic rings. The normalized spacial score (nSPS) is 14.6. The van der Waals surface area contributed by atoms with Gasteiger partial charge in [-0.15, -0.1) is 0 Å². The Morgan fingerprint density at radius 1 is 0.520 bits per heavy atom. The quantitative estimate of drug-likeness (QED) is 0.413. The maximum Gasteiger partial charge on any atom is 0.0641 e. The first kappa shape index (κ1) is 14.2. The standard InChI is InChI=1S/C25H18/c1-3-12-21(13-4-1)25(22-14-5-2-6-15-22)18-17-20-10-7-9-19-11-8-16-23(25)24(19)20/h1-18H. The molecule has 0 nitrogen and oxygen atoms in total. The highest BCUT2D eigenvalue weighted by molar-refractivity contribution is 5.98. The third-order valence-corrected chi connectivity index (χ3v) is 5.33. The second kappa shape index (κ2) is 5.46. The number of rotatable bonds is 2. The van der Waals surface area contributed by atoms with Crippen molar-refractivity contribution in [1.82, 2.24) is 0 Å². The van der Waals surface area contributed by atoms with Gasteiger partial charge in [0.1, 0.15) is 0 Å². The molecule has 4 aromatic carbocycles. The fourth-order valence-corrected chi connectivity index (χ4v) is 4.21. The number of hydrogen-bond acceptors (Lipinski definition) is 0. The van der Waals surface area contributed by atoms with Crippen LogP contribution in [0.5, 0.6) is 0 Å². The van der Waals surface area contributed by atoms with Gasteiger partial charge in [-0.05, 0) is 33.0 Å². The molecule has 0 saturated carbocycles. The van der Waals surface area contributed by atoms with Gasteiger partial charge in [0.05, 0.1) is 5.41 Å². The van der Waals surface area contributed by atoms with Crippen LogP contribution >= 0.6 is 0 Å². The molecule has 0 N–H and O–H groups in total. The molecule has 25 heavy (non-hydrogen) atoms. The summed E-state index contributed by atoms with van der Waals surface area (Å²) in [4.78, 5) is 0. The molecule has 0 fully saturated rings. The highest BCUT2D eigenvalue weighted by Gasteiger charge is 2.37. The Bertz CT molecular complexity index is 1030. The van der Waals surface area contributed by atoms with Gasteiger partial charge in [-0.1, -0.05) is 109 Å². The average Bonchev–Trinajstić information content (AvgIpc) is 2.70. The molecule has 0 aromatic heterocycles. The van der Waals surface area contributed by atoms with Crippen LogP contribution in [-0.2, 0) is 5.41 Å². The monoisotopic (exact) mass is 318 g/mol. The van der Waals surface area contributed by atoms with Gasteiger partial charge in [0.15, 0.2) is 0 Å². The van der Waals surface area contributed by atoms with Crippen LogP contribution in [0, 0.1) is 0 Å². The number of allylic oxidation sites excluding steroid dienone is 1. The summed E-state index contributed by atoms with van der Waals surface area (Å²) in [6, 6.07) is 34.9. The third kappa shape index (κ3) is 2.01. The van der Waals surface area contributed by atoms with Crippen molar-refractivity contribution in [1.29, 1.82) is 0 Å². The van der Waals surface area contributed by atoms with E-state index in [-0.39, 0.29) is 5.41 Å². The first-order valence-electron chi connectivity index (χ1n) is 8.72. The van der Waals surface area contributed by atoms with E-state index < -0.39 is 0 Å². The van der Waals surface area contributed by atoms with Crippen molar-refractivity contribution in [3.63, 3.8) is 0 Å². The molecule has 0 unspecified atom stereocenters. The van der Waals surface area contributed by atoms with Gasteiger partial charge in [0.2, 0.25) is 0 Å². The van der Waals surface area contributed by atoms with Crippen LogP contribution in [0.3, 0.4) is 0 Å². The molecule has 0 heteroatoms. The average molecular weight is 318 g/mol. The zero-order valence-corrected chi connectivity index (χ0v) is 13.9. The van der Waals surface area contributed by atoms with Crippen LogP contribution < -0.4 is 0 Å². The molecule has 4 aromatic rings. The molecule has 118 valence electrons. The van der Waals surface area contributed by atoms with Gasteiger partial charge in [-0.2, -0.15) is 0 Å². The van der Waals surface area contributed by atoms with Crippen molar-refractivity contribution in [2.24, 2.45) is 0 Å². The minimum absolute atomic E-state index is 0.254. The predicted molar refractivity (Wildman–Crippen MR) is 106 cm³/mol. The zero-order valence-electron chi connectivity index (χ0n) is 13.9. The van der Waals surface area contributed by atoms with E-state index in [1.165, 1.54) is 33.0 Å². The van der Waals surface area contributed by atoms with E-state index in [0.29, 0.717) is 0 Å². The van der Waals surface area contributed by atoms with Crippen molar-refractivity contribution in [2.75, 3.05) is 0 Å². The Morgan fingerprint density at radius 2 is 1.12 bits per heavy atom. The number of hydrogen-bond donors (Lipinski definition) is 0.